The molecule has 1 aliphatic rings. The molecule has 7 heteroatoms. The summed E-state index contributed by atoms with van der Waals surface area (Å²) in [5.74, 6) is 2.57. The van der Waals surface area contributed by atoms with E-state index in [1.165, 1.54) is 28.8 Å². The second-order valence-corrected chi connectivity index (χ2v) is 9.71. The Hall–Kier alpha value is -1.01. The van der Waals surface area contributed by atoms with Crippen LogP contribution in [0.15, 0.2) is 28.7 Å². The van der Waals surface area contributed by atoms with Crippen molar-refractivity contribution in [3.05, 3.63) is 49.6 Å². The zero-order valence-corrected chi connectivity index (χ0v) is 18.5. The highest BCUT2D eigenvalue weighted by atomic mass is 35.5. The maximum Gasteiger partial charge on any atom is 0.191 e. The molecule has 0 N–H and O–H groups in total. The second-order valence-electron chi connectivity index (χ2n) is 6.99. The van der Waals surface area contributed by atoms with E-state index in [9.17, 15) is 0 Å². The standard InChI is InChI=1S/C20H21Cl2N3S2/c1-3-25-19(15-11-26-18-8-12(2)4-6-14(15)18)23-24-20(25)27-10-13-5-7-16(21)17(22)9-13/h5,7,9,11-12H,3-4,6,8,10H2,1-2H3. The van der Waals surface area contributed by atoms with E-state index in [1.54, 1.807) is 11.8 Å². The first-order valence-electron chi connectivity index (χ1n) is 9.16. The molecule has 0 bridgehead atoms. The first-order chi connectivity index (χ1) is 13.1. The Bertz CT molecular complexity index is 964. The molecule has 1 atom stereocenters. The van der Waals surface area contributed by atoms with Crippen molar-refractivity contribution < 1.29 is 0 Å². The van der Waals surface area contributed by atoms with Crippen molar-refractivity contribution in [3.8, 4) is 11.4 Å². The second kappa shape index (κ2) is 8.16. The zero-order valence-electron chi connectivity index (χ0n) is 15.3. The third-order valence-electron chi connectivity index (χ3n) is 5.03. The Kier molecular flexibility index (Phi) is 5.83. The summed E-state index contributed by atoms with van der Waals surface area (Å²) < 4.78 is 2.22. The number of thioether (sulfide) groups is 1. The molecular formula is C20H21Cl2N3S2. The monoisotopic (exact) mass is 437 g/mol. The fraction of sp³-hybridized carbons (Fsp3) is 0.400. The number of halogens is 2. The summed E-state index contributed by atoms with van der Waals surface area (Å²) in [5, 5.41) is 13.4. The Morgan fingerprint density at radius 1 is 1.26 bits per heavy atom. The Morgan fingerprint density at radius 2 is 2.11 bits per heavy atom. The van der Waals surface area contributed by atoms with E-state index >= 15 is 0 Å². The minimum atomic E-state index is 0.584. The Balaban J connectivity index is 1.58. The van der Waals surface area contributed by atoms with Crippen molar-refractivity contribution in [2.45, 2.75) is 50.6 Å². The van der Waals surface area contributed by atoms with Gasteiger partial charge in [-0.2, -0.15) is 0 Å². The minimum absolute atomic E-state index is 0.584. The first-order valence-corrected chi connectivity index (χ1v) is 11.8. The fourth-order valence-corrected chi connectivity index (χ4v) is 6.03. The molecule has 142 valence electrons. The average molecular weight is 438 g/mol. The molecule has 27 heavy (non-hydrogen) atoms. The van der Waals surface area contributed by atoms with E-state index in [4.69, 9.17) is 23.2 Å². The van der Waals surface area contributed by atoms with E-state index in [1.807, 2.05) is 29.5 Å². The van der Waals surface area contributed by atoms with Gasteiger partial charge in [-0.05, 0) is 55.4 Å². The topological polar surface area (TPSA) is 30.7 Å². The van der Waals surface area contributed by atoms with Gasteiger partial charge in [0.1, 0.15) is 0 Å². The van der Waals surface area contributed by atoms with Crippen molar-refractivity contribution >= 4 is 46.3 Å². The zero-order chi connectivity index (χ0) is 19.0. The smallest absolute Gasteiger partial charge is 0.191 e. The molecule has 0 fully saturated rings. The van der Waals surface area contributed by atoms with Gasteiger partial charge in [0.15, 0.2) is 11.0 Å². The predicted molar refractivity (Wildman–Crippen MR) is 116 cm³/mol. The summed E-state index contributed by atoms with van der Waals surface area (Å²) in [6.45, 7) is 5.35. The lowest BCUT2D eigenvalue weighted by molar-refractivity contribution is 0.508. The third kappa shape index (κ3) is 3.93. The molecule has 0 radical (unpaired) electrons. The van der Waals surface area contributed by atoms with Crippen LogP contribution in [0.2, 0.25) is 10.0 Å². The number of nitrogens with zero attached hydrogens (tertiary/aromatic N) is 3. The maximum absolute atomic E-state index is 6.13. The molecule has 0 aliphatic heterocycles. The van der Waals surface area contributed by atoms with Gasteiger partial charge in [0.2, 0.25) is 0 Å². The normalized spacial score (nSPS) is 16.5. The van der Waals surface area contributed by atoms with Crippen LogP contribution < -0.4 is 0 Å². The van der Waals surface area contributed by atoms with Crippen LogP contribution in [-0.4, -0.2) is 14.8 Å². The van der Waals surface area contributed by atoms with Gasteiger partial charge in [0.05, 0.1) is 10.0 Å². The number of thiophene rings is 1. The van der Waals surface area contributed by atoms with E-state index in [0.717, 1.165) is 41.2 Å². The van der Waals surface area contributed by atoms with E-state index in [-0.39, 0.29) is 0 Å². The van der Waals surface area contributed by atoms with Gasteiger partial charge in [0, 0.05) is 28.1 Å². The van der Waals surface area contributed by atoms with Gasteiger partial charge < -0.3 is 4.57 Å². The Morgan fingerprint density at radius 3 is 2.89 bits per heavy atom. The lowest BCUT2D eigenvalue weighted by Crippen LogP contribution is -2.10. The number of fused-ring (bicyclic) bond motifs is 1. The van der Waals surface area contributed by atoms with Gasteiger partial charge >= 0.3 is 0 Å². The quantitative estimate of drug-likeness (QED) is 0.413. The molecule has 0 amide bonds. The van der Waals surface area contributed by atoms with E-state index in [0.29, 0.717) is 10.0 Å². The number of rotatable bonds is 5. The van der Waals surface area contributed by atoms with Gasteiger partial charge in [-0.15, -0.1) is 21.5 Å². The Labute approximate surface area is 178 Å². The highest BCUT2D eigenvalue weighted by molar-refractivity contribution is 7.98. The van der Waals surface area contributed by atoms with Crippen LogP contribution in [0, 0.1) is 5.92 Å². The summed E-state index contributed by atoms with van der Waals surface area (Å²) in [6.07, 6.45) is 3.60. The molecular weight excluding hydrogens is 417 g/mol. The van der Waals surface area contributed by atoms with Crippen LogP contribution in [0.3, 0.4) is 0 Å². The van der Waals surface area contributed by atoms with Crippen molar-refractivity contribution in [1.82, 2.24) is 14.8 Å². The number of hydrogen-bond donors (Lipinski definition) is 0. The highest BCUT2D eigenvalue weighted by Gasteiger charge is 2.24. The summed E-state index contributed by atoms with van der Waals surface area (Å²) in [4.78, 5) is 1.53. The average Bonchev–Trinajstić information content (AvgIpc) is 3.25. The molecule has 2 heterocycles. The summed E-state index contributed by atoms with van der Waals surface area (Å²) >= 11 is 15.7. The minimum Gasteiger partial charge on any atom is -0.302 e. The summed E-state index contributed by atoms with van der Waals surface area (Å²) in [5.41, 5.74) is 3.89. The number of hydrogen-bond acceptors (Lipinski definition) is 4. The van der Waals surface area contributed by atoms with E-state index < -0.39 is 0 Å². The lowest BCUT2D eigenvalue weighted by Gasteiger charge is -2.19. The molecule has 4 rings (SSSR count). The molecule has 1 aliphatic carbocycles. The van der Waals surface area contributed by atoms with Gasteiger partial charge in [0.25, 0.3) is 0 Å². The van der Waals surface area contributed by atoms with Crippen LogP contribution in [0.25, 0.3) is 11.4 Å². The van der Waals surface area contributed by atoms with Crippen molar-refractivity contribution in [3.63, 3.8) is 0 Å². The molecule has 0 saturated heterocycles. The fourth-order valence-electron chi connectivity index (χ4n) is 3.52. The van der Waals surface area contributed by atoms with Gasteiger partial charge in [-0.25, -0.2) is 0 Å². The SMILES string of the molecule is CCn1c(SCc2ccc(Cl)c(Cl)c2)nnc1-c1csc2c1CCC(C)C2. The molecule has 1 aromatic carbocycles. The van der Waals surface area contributed by atoms with Crippen molar-refractivity contribution in [2.75, 3.05) is 0 Å². The highest BCUT2D eigenvalue weighted by Crippen LogP contribution is 2.38. The van der Waals surface area contributed by atoms with Gasteiger partial charge in [-0.1, -0.05) is 48.0 Å². The van der Waals surface area contributed by atoms with Crippen LogP contribution in [0.1, 0.15) is 36.3 Å². The predicted octanol–water partition coefficient (Wildman–Crippen LogP) is 6.75. The van der Waals surface area contributed by atoms with Crippen molar-refractivity contribution in [1.29, 1.82) is 0 Å². The van der Waals surface area contributed by atoms with Crippen LogP contribution in [0.4, 0.5) is 0 Å². The first kappa shape index (κ1) is 19.3. The van der Waals surface area contributed by atoms with Crippen LogP contribution >= 0.6 is 46.3 Å². The number of benzene rings is 1. The molecule has 3 nitrogen and oxygen atoms in total. The maximum atomic E-state index is 6.13. The molecule has 2 aromatic heterocycles. The number of aromatic nitrogens is 3. The molecule has 0 saturated carbocycles. The van der Waals surface area contributed by atoms with E-state index in [2.05, 4.69) is 34.0 Å². The third-order valence-corrected chi connectivity index (χ3v) is 7.86. The molecule has 3 aromatic rings. The van der Waals surface area contributed by atoms with Crippen LogP contribution in [0.5, 0.6) is 0 Å². The van der Waals surface area contributed by atoms with Crippen LogP contribution in [-0.2, 0) is 25.1 Å². The molecule has 0 spiro atoms. The van der Waals surface area contributed by atoms with Crippen molar-refractivity contribution in [2.24, 2.45) is 5.92 Å². The van der Waals surface area contributed by atoms with Gasteiger partial charge in [-0.3, -0.25) is 0 Å². The largest absolute Gasteiger partial charge is 0.302 e. The summed E-state index contributed by atoms with van der Waals surface area (Å²) in [6, 6.07) is 5.76. The molecule has 1 unspecified atom stereocenters. The summed E-state index contributed by atoms with van der Waals surface area (Å²) in [7, 11) is 0. The lowest BCUT2D eigenvalue weighted by atomic mass is 9.88.